The van der Waals surface area contributed by atoms with E-state index in [0.717, 1.165) is 0 Å². The molecule has 0 radical (unpaired) electrons. The molecule has 0 aliphatic carbocycles. The predicted octanol–water partition coefficient (Wildman–Crippen LogP) is -0.106. The Morgan fingerprint density at radius 2 is 1.82 bits per heavy atom. The number of rotatable bonds is 0. The largest absolute Gasteiger partial charge is 0.390 e. The molecule has 1 rings (SSSR count). The summed E-state index contributed by atoms with van der Waals surface area (Å²) in [6.07, 6.45) is -2.49. The van der Waals surface area contributed by atoms with Crippen molar-refractivity contribution in [1.82, 2.24) is 0 Å². The van der Waals surface area contributed by atoms with Crippen molar-refractivity contribution in [2.75, 3.05) is 11.5 Å². The molecule has 1 aliphatic heterocycles. The molecule has 1 N–H and O–H groups in total. The highest BCUT2D eigenvalue weighted by Crippen LogP contribution is 2.15. The molecule has 0 unspecified atom stereocenters. The number of halogens is 1. The standard InChI is InChI=1S/C6H11FO3S/c7-5-1-3-11(9,10)4-2-6(5)8/h5-6,8H,1-4H2/t5-,6+/m1/s1. The molecule has 1 aliphatic rings. The van der Waals surface area contributed by atoms with Crippen molar-refractivity contribution in [2.45, 2.75) is 25.1 Å². The summed E-state index contributed by atoms with van der Waals surface area (Å²) in [5.41, 5.74) is 0. The summed E-state index contributed by atoms with van der Waals surface area (Å²) in [4.78, 5) is 0. The Kier molecular flexibility index (Phi) is 2.49. The van der Waals surface area contributed by atoms with Gasteiger partial charge in [0.15, 0.2) is 9.84 Å². The minimum atomic E-state index is -3.09. The fraction of sp³-hybridized carbons (Fsp3) is 1.00. The zero-order valence-corrected chi connectivity index (χ0v) is 6.85. The average molecular weight is 182 g/mol. The van der Waals surface area contributed by atoms with Crippen LogP contribution in [-0.2, 0) is 9.84 Å². The minimum Gasteiger partial charge on any atom is -0.390 e. The Bertz CT molecular complexity index is 206. The number of sulfone groups is 1. The van der Waals surface area contributed by atoms with Gasteiger partial charge < -0.3 is 5.11 Å². The third-order valence-electron chi connectivity index (χ3n) is 1.85. The predicted molar refractivity (Wildman–Crippen MR) is 38.8 cm³/mol. The second-order valence-electron chi connectivity index (χ2n) is 2.81. The van der Waals surface area contributed by atoms with Crippen molar-refractivity contribution in [3.8, 4) is 0 Å². The molecular weight excluding hydrogens is 171 g/mol. The smallest absolute Gasteiger partial charge is 0.150 e. The van der Waals surface area contributed by atoms with Gasteiger partial charge in [0.2, 0.25) is 0 Å². The summed E-state index contributed by atoms with van der Waals surface area (Å²) < 4.78 is 34.4. The summed E-state index contributed by atoms with van der Waals surface area (Å²) >= 11 is 0. The van der Waals surface area contributed by atoms with Crippen LogP contribution in [0.1, 0.15) is 12.8 Å². The zero-order valence-electron chi connectivity index (χ0n) is 6.03. The Labute approximate surface area is 65.1 Å². The fourth-order valence-electron chi connectivity index (χ4n) is 1.07. The molecule has 2 atom stereocenters. The van der Waals surface area contributed by atoms with Gasteiger partial charge in [-0.25, -0.2) is 12.8 Å². The highest BCUT2D eigenvalue weighted by molar-refractivity contribution is 7.91. The van der Waals surface area contributed by atoms with E-state index in [4.69, 9.17) is 5.11 Å². The first kappa shape index (κ1) is 8.93. The molecule has 0 aromatic carbocycles. The highest BCUT2D eigenvalue weighted by Gasteiger charge is 2.27. The SMILES string of the molecule is O=S1(=O)CC[C@@H](F)[C@@H](O)CC1. The van der Waals surface area contributed by atoms with E-state index in [1.807, 2.05) is 0 Å². The van der Waals surface area contributed by atoms with Gasteiger partial charge in [-0.15, -0.1) is 0 Å². The van der Waals surface area contributed by atoms with Crippen molar-refractivity contribution < 1.29 is 17.9 Å². The van der Waals surface area contributed by atoms with Crippen LogP contribution in [-0.4, -0.2) is 37.3 Å². The van der Waals surface area contributed by atoms with Gasteiger partial charge in [0.05, 0.1) is 17.6 Å². The third kappa shape index (κ3) is 2.41. The Balaban J connectivity index is 2.66. The lowest BCUT2D eigenvalue weighted by atomic mass is 10.1. The first-order valence-electron chi connectivity index (χ1n) is 3.54. The van der Waals surface area contributed by atoms with E-state index < -0.39 is 22.1 Å². The maximum Gasteiger partial charge on any atom is 0.150 e. The van der Waals surface area contributed by atoms with Crippen LogP contribution in [0.15, 0.2) is 0 Å². The minimum absolute atomic E-state index is 0.0313. The van der Waals surface area contributed by atoms with Crippen molar-refractivity contribution in [3.05, 3.63) is 0 Å². The van der Waals surface area contributed by atoms with E-state index in [1.165, 1.54) is 0 Å². The van der Waals surface area contributed by atoms with Crippen LogP contribution in [0.4, 0.5) is 4.39 Å². The van der Waals surface area contributed by atoms with Gasteiger partial charge in [0.25, 0.3) is 0 Å². The molecule has 0 bridgehead atoms. The van der Waals surface area contributed by atoms with Gasteiger partial charge in [-0.05, 0) is 12.8 Å². The topological polar surface area (TPSA) is 54.4 Å². The summed E-state index contributed by atoms with van der Waals surface area (Å²) in [5, 5.41) is 8.95. The number of aliphatic hydroxyl groups excluding tert-OH is 1. The molecule has 0 aromatic heterocycles. The zero-order chi connectivity index (χ0) is 8.48. The van der Waals surface area contributed by atoms with Crippen LogP contribution in [0.3, 0.4) is 0 Å². The Hall–Kier alpha value is -0.160. The van der Waals surface area contributed by atoms with Crippen LogP contribution in [0.5, 0.6) is 0 Å². The van der Waals surface area contributed by atoms with Crippen molar-refractivity contribution in [1.29, 1.82) is 0 Å². The average Bonchev–Trinajstić information content (AvgIpc) is 2.03. The van der Waals surface area contributed by atoms with Gasteiger partial charge >= 0.3 is 0 Å². The molecule has 66 valence electrons. The number of aliphatic hydroxyl groups is 1. The van der Waals surface area contributed by atoms with Gasteiger partial charge in [-0.3, -0.25) is 0 Å². The van der Waals surface area contributed by atoms with Crippen molar-refractivity contribution >= 4 is 9.84 Å². The lowest BCUT2D eigenvalue weighted by Crippen LogP contribution is -2.20. The lowest BCUT2D eigenvalue weighted by molar-refractivity contribution is 0.0759. The highest BCUT2D eigenvalue weighted by atomic mass is 32.2. The van der Waals surface area contributed by atoms with E-state index in [1.54, 1.807) is 0 Å². The second kappa shape index (κ2) is 3.06. The van der Waals surface area contributed by atoms with E-state index in [2.05, 4.69) is 0 Å². The molecule has 0 amide bonds. The van der Waals surface area contributed by atoms with E-state index >= 15 is 0 Å². The normalized spacial score (nSPS) is 38.0. The van der Waals surface area contributed by atoms with Crippen LogP contribution >= 0.6 is 0 Å². The molecule has 5 heteroatoms. The van der Waals surface area contributed by atoms with Crippen LogP contribution in [0, 0.1) is 0 Å². The lowest BCUT2D eigenvalue weighted by Gasteiger charge is -2.08. The second-order valence-corrected chi connectivity index (χ2v) is 5.12. The number of hydrogen-bond acceptors (Lipinski definition) is 3. The number of alkyl halides is 1. The molecule has 0 saturated carbocycles. The van der Waals surface area contributed by atoms with E-state index in [-0.39, 0.29) is 24.3 Å². The monoisotopic (exact) mass is 182 g/mol. The maximum absolute atomic E-state index is 12.7. The van der Waals surface area contributed by atoms with Crippen LogP contribution < -0.4 is 0 Å². The summed E-state index contributed by atoms with van der Waals surface area (Å²) in [6.45, 7) is 0. The molecule has 3 nitrogen and oxygen atoms in total. The molecule has 1 saturated heterocycles. The summed E-state index contributed by atoms with van der Waals surface area (Å²) in [5.74, 6) is -0.222. The summed E-state index contributed by atoms with van der Waals surface area (Å²) in [7, 11) is -3.09. The fourth-order valence-corrected chi connectivity index (χ4v) is 2.46. The van der Waals surface area contributed by atoms with Crippen LogP contribution in [0.2, 0.25) is 0 Å². The van der Waals surface area contributed by atoms with E-state index in [0.29, 0.717) is 0 Å². The van der Waals surface area contributed by atoms with Gasteiger partial charge in [-0.2, -0.15) is 0 Å². The molecule has 1 heterocycles. The first-order valence-corrected chi connectivity index (χ1v) is 5.36. The molecule has 0 aromatic rings. The molecule has 11 heavy (non-hydrogen) atoms. The quantitative estimate of drug-likeness (QED) is 0.569. The molecular formula is C6H11FO3S. The summed E-state index contributed by atoms with van der Waals surface area (Å²) in [6, 6.07) is 0. The molecule has 0 spiro atoms. The maximum atomic E-state index is 12.7. The van der Waals surface area contributed by atoms with Gasteiger partial charge in [-0.1, -0.05) is 0 Å². The van der Waals surface area contributed by atoms with Crippen LogP contribution in [0.25, 0.3) is 0 Å². The van der Waals surface area contributed by atoms with Gasteiger partial charge in [0.1, 0.15) is 6.17 Å². The first-order chi connectivity index (χ1) is 5.01. The molecule has 1 fully saturated rings. The van der Waals surface area contributed by atoms with Crippen molar-refractivity contribution in [2.24, 2.45) is 0 Å². The number of hydrogen-bond donors (Lipinski definition) is 1. The van der Waals surface area contributed by atoms with E-state index in [9.17, 15) is 12.8 Å². The third-order valence-corrected chi connectivity index (χ3v) is 3.56. The van der Waals surface area contributed by atoms with Gasteiger partial charge in [0, 0.05) is 0 Å². The Morgan fingerprint density at radius 1 is 1.27 bits per heavy atom. The Morgan fingerprint density at radius 3 is 2.45 bits per heavy atom. The van der Waals surface area contributed by atoms with Crippen molar-refractivity contribution in [3.63, 3.8) is 0 Å².